The third kappa shape index (κ3) is 2.01. The number of hydrogen-bond acceptors (Lipinski definition) is 4. The van der Waals surface area contributed by atoms with Gasteiger partial charge < -0.3 is 10.2 Å². The van der Waals surface area contributed by atoms with Crippen molar-refractivity contribution in [3.8, 4) is 0 Å². The Kier molecular flexibility index (Phi) is 2.95. The van der Waals surface area contributed by atoms with Gasteiger partial charge in [0.15, 0.2) is 0 Å². The van der Waals surface area contributed by atoms with Crippen LogP contribution in [0, 0.1) is 29.6 Å². The van der Waals surface area contributed by atoms with Gasteiger partial charge in [-0.05, 0) is 68.1 Å². The molecule has 4 bridgehead atoms. The van der Waals surface area contributed by atoms with E-state index in [9.17, 15) is 0 Å². The first-order chi connectivity index (χ1) is 9.72. The molecule has 4 fully saturated rings. The summed E-state index contributed by atoms with van der Waals surface area (Å²) in [5.74, 6) is 5.78. The van der Waals surface area contributed by atoms with E-state index in [4.69, 9.17) is 10.2 Å². The van der Waals surface area contributed by atoms with Crippen molar-refractivity contribution in [2.24, 2.45) is 35.3 Å². The summed E-state index contributed by atoms with van der Waals surface area (Å²) >= 11 is 0. The Hall–Kier alpha value is -1.16. The van der Waals surface area contributed by atoms with Crippen LogP contribution >= 0.6 is 0 Å². The summed E-state index contributed by atoms with van der Waals surface area (Å²) in [5, 5.41) is 8.01. The molecular formula is C16H23N3O. The summed E-state index contributed by atoms with van der Waals surface area (Å²) in [7, 11) is 0. The van der Waals surface area contributed by atoms with E-state index in [0.717, 1.165) is 41.6 Å². The van der Waals surface area contributed by atoms with Crippen LogP contribution in [-0.4, -0.2) is 10.2 Å². The number of nitrogens with two attached hydrogens (primary N) is 1. The molecule has 1 aromatic heterocycles. The van der Waals surface area contributed by atoms with Gasteiger partial charge in [0.2, 0.25) is 11.8 Å². The van der Waals surface area contributed by atoms with Gasteiger partial charge in [0.05, 0.1) is 6.54 Å². The van der Waals surface area contributed by atoms with Gasteiger partial charge in [-0.15, -0.1) is 10.2 Å². The van der Waals surface area contributed by atoms with Gasteiger partial charge in [0.25, 0.3) is 0 Å². The fourth-order valence-corrected chi connectivity index (χ4v) is 5.22. The minimum absolute atomic E-state index is 0.304. The quantitative estimate of drug-likeness (QED) is 0.916. The Balaban J connectivity index is 1.47. The third-order valence-electron chi connectivity index (χ3n) is 5.85. The highest BCUT2D eigenvalue weighted by Gasteiger charge is 2.48. The van der Waals surface area contributed by atoms with Crippen LogP contribution in [0.25, 0.3) is 5.57 Å². The normalized spacial score (nSPS) is 38.4. The lowest BCUT2D eigenvalue weighted by Gasteiger charge is -2.54. The van der Waals surface area contributed by atoms with Crippen LogP contribution in [0.5, 0.6) is 0 Å². The van der Waals surface area contributed by atoms with Crippen LogP contribution in [-0.2, 0) is 6.54 Å². The predicted molar refractivity (Wildman–Crippen MR) is 76.4 cm³/mol. The molecule has 4 aliphatic carbocycles. The van der Waals surface area contributed by atoms with Gasteiger partial charge in [0, 0.05) is 5.57 Å². The highest BCUT2D eigenvalue weighted by atomic mass is 16.4. The van der Waals surface area contributed by atoms with E-state index in [-0.39, 0.29) is 0 Å². The molecule has 0 unspecified atom stereocenters. The Morgan fingerprint density at radius 1 is 1.10 bits per heavy atom. The van der Waals surface area contributed by atoms with Gasteiger partial charge >= 0.3 is 0 Å². The molecule has 1 heterocycles. The minimum Gasteiger partial charge on any atom is -0.420 e. The van der Waals surface area contributed by atoms with Crippen LogP contribution in [0.1, 0.15) is 50.3 Å². The molecule has 0 aromatic carbocycles. The zero-order valence-electron chi connectivity index (χ0n) is 11.9. The molecule has 0 radical (unpaired) electrons. The molecular weight excluding hydrogens is 250 g/mol. The fraction of sp³-hybridized carbons (Fsp3) is 0.750. The lowest BCUT2D eigenvalue weighted by molar-refractivity contribution is -0.0341. The molecule has 0 aliphatic heterocycles. The van der Waals surface area contributed by atoms with E-state index in [1.165, 1.54) is 32.1 Å². The molecule has 0 spiro atoms. The molecule has 4 saturated carbocycles. The van der Waals surface area contributed by atoms with Crippen molar-refractivity contribution in [1.82, 2.24) is 10.2 Å². The maximum atomic E-state index is 5.54. The van der Waals surface area contributed by atoms with Gasteiger partial charge in [-0.2, -0.15) is 0 Å². The topological polar surface area (TPSA) is 64.9 Å². The Bertz CT molecular complexity index is 494. The van der Waals surface area contributed by atoms with Gasteiger partial charge in [-0.1, -0.05) is 6.58 Å². The van der Waals surface area contributed by atoms with Crippen molar-refractivity contribution in [1.29, 1.82) is 0 Å². The Labute approximate surface area is 119 Å². The van der Waals surface area contributed by atoms with Gasteiger partial charge in [-0.3, -0.25) is 0 Å². The predicted octanol–water partition coefficient (Wildman–Crippen LogP) is 3.00. The number of aromatic nitrogens is 2. The molecule has 0 atom stereocenters. The number of allylic oxidation sites excluding steroid dienone is 1. The van der Waals surface area contributed by atoms with Crippen molar-refractivity contribution in [3.63, 3.8) is 0 Å². The second-order valence-corrected chi connectivity index (χ2v) is 7.11. The molecule has 20 heavy (non-hydrogen) atoms. The van der Waals surface area contributed by atoms with Crippen LogP contribution in [0.4, 0.5) is 0 Å². The van der Waals surface area contributed by atoms with Crippen LogP contribution < -0.4 is 5.73 Å². The smallest absolute Gasteiger partial charge is 0.243 e. The second-order valence-electron chi connectivity index (χ2n) is 7.11. The average molecular weight is 273 g/mol. The van der Waals surface area contributed by atoms with E-state index in [1.54, 1.807) is 0 Å². The zero-order chi connectivity index (χ0) is 13.7. The SMILES string of the molecule is C=C(CC1C2CC3CC(C2)CC1C3)c1nnc(CN)o1. The summed E-state index contributed by atoms with van der Waals surface area (Å²) in [6.45, 7) is 4.49. The van der Waals surface area contributed by atoms with E-state index in [0.29, 0.717) is 18.3 Å². The molecule has 0 saturated heterocycles. The average Bonchev–Trinajstić information content (AvgIpc) is 2.91. The Morgan fingerprint density at radius 3 is 2.30 bits per heavy atom. The van der Waals surface area contributed by atoms with E-state index in [2.05, 4.69) is 16.8 Å². The van der Waals surface area contributed by atoms with Gasteiger partial charge in [0.1, 0.15) is 0 Å². The highest BCUT2D eigenvalue weighted by Crippen LogP contribution is 2.58. The number of nitrogens with zero attached hydrogens (tertiary/aromatic N) is 2. The number of hydrogen-bond donors (Lipinski definition) is 1. The van der Waals surface area contributed by atoms with Crippen molar-refractivity contribution < 1.29 is 4.42 Å². The zero-order valence-corrected chi connectivity index (χ0v) is 11.9. The minimum atomic E-state index is 0.304. The van der Waals surface area contributed by atoms with Gasteiger partial charge in [-0.25, -0.2) is 0 Å². The summed E-state index contributed by atoms with van der Waals surface area (Å²) in [6.07, 6.45) is 8.32. The van der Waals surface area contributed by atoms with E-state index >= 15 is 0 Å². The largest absolute Gasteiger partial charge is 0.420 e. The molecule has 108 valence electrons. The maximum absolute atomic E-state index is 5.54. The maximum Gasteiger partial charge on any atom is 0.243 e. The van der Waals surface area contributed by atoms with Crippen molar-refractivity contribution in [2.75, 3.05) is 0 Å². The van der Waals surface area contributed by atoms with Crippen LogP contribution in [0.15, 0.2) is 11.0 Å². The lowest BCUT2D eigenvalue weighted by atomic mass is 9.51. The summed E-state index contributed by atoms with van der Waals surface area (Å²) < 4.78 is 5.54. The van der Waals surface area contributed by atoms with Crippen molar-refractivity contribution in [2.45, 2.75) is 45.1 Å². The summed E-state index contributed by atoms with van der Waals surface area (Å²) in [4.78, 5) is 0. The Morgan fingerprint density at radius 2 is 1.75 bits per heavy atom. The first kappa shape index (κ1) is 12.6. The monoisotopic (exact) mass is 273 g/mol. The third-order valence-corrected chi connectivity index (χ3v) is 5.85. The highest BCUT2D eigenvalue weighted by molar-refractivity contribution is 5.55. The molecule has 1 aromatic rings. The van der Waals surface area contributed by atoms with Crippen LogP contribution in [0.2, 0.25) is 0 Å². The van der Waals surface area contributed by atoms with E-state index in [1.807, 2.05) is 0 Å². The molecule has 4 aliphatic rings. The van der Waals surface area contributed by atoms with Crippen molar-refractivity contribution >= 4 is 5.57 Å². The lowest BCUT2D eigenvalue weighted by Crippen LogP contribution is -2.45. The standard InChI is InChI=1S/C16H23N3O/c1-9(16-19-18-15(8-17)20-16)2-14-12-4-10-3-11(6-12)7-13(14)5-10/h10-14H,1-8,17H2. The molecule has 2 N–H and O–H groups in total. The van der Waals surface area contributed by atoms with E-state index < -0.39 is 0 Å². The summed E-state index contributed by atoms with van der Waals surface area (Å²) in [6, 6.07) is 0. The van der Waals surface area contributed by atoms with Crippen LogP contribution in [0.3, 0.4) is 0 Å². The molecule has 4 nitrogen and oxygen atoms in total. The fourth-order valence-electron chi connectivity index (χ4n) is 5.22. The summed E-state index contributed by atoms with van der Waals surface area (Å²) in [5.41, 5.74) is 6.53. The molecule has 0 amide bonds. The molecule has 4 heteroatoms. The van der Waals surface area contributed by atoms with Crippen molar-refractivity contribution in [3.05, 3.63) is 18.4 Å². The molecule has 5 rings (SSSR count). The first-order valence-corrected chi connectivity index (χ1v) is 7.93. The second kappa shape index (κ2) is 4.69. The number of rotatable bonds is 4. The first-order valence-electron chi connectivity index (χ1n) is 7.93.